The maximum atomic E-state index is 12.7. The first kappa shape index (κ1) is 21.6. The molecule has 1 heterocycles. The summed E-state index contributed by atoms with van der Waals surface area (Å²) in [4.78, 5) is 18.8. The second-order valence-electron chi connectivity index (χ2n) is 7.16. The Balaban J connectivity index is 1.54. The molecule has 1 aliphatic heterocycles. The predicted molar refractivity (Wildman–Crippen MR) is 119 cm³/mol. The lowest BCUT2D eigenvalue weighted by molar-refractivity contribution is -0.117. The van der Waals surface area contributed by atoms with Crippen LogP contribution in [-0.2, 0) is 22.5 Å². The van der Waals surface area contributed by atoms with Gasteiger partial charge in [-0.05, 0) is 36.6 Å². The molecule has 0 saturated carbocycles. The summed E-state index contributed by atoms with van der Waals surface area (Å²) in [6.07, 6.45) is 0.897. The minimum atomic E-state index is 0.0295. The van der Waals surface area contributed by atoms with Crippen LogP contribution in [0.5, 0.6) is 5.75 Å². The Morgan fingerprint density at radius 3 is 2.80 bits per heavy atom. The van der Waals surface area contributed by atoms with E-state index in [2.05, 4.69) is 21.7 Å². The van der Waals surface area contributed by atoms with Crippen molar-refractivity contribution < 1.29 is 14.3 Å². The van der Waals surface area contributed by atoms with Crippen molar-refractivity contribution in [2.24, 2.45) is 4.99 Å². The van der Waals surface area contributed by atoms with E-state index < -0.39 is 0 Å². The van der Waals surface area contributed by atoms with Gasteiger partial charge in [0.25, 0.3) is 0 Å². The SMILES string of the molecule is CN=C(NCC(=O)N1CCc2ccccc21)NCc1ccc(C)cc1OCCOC. The van der Waals surface area contributed by atoms with Gasteiger partial charge in [0, 0.05) is 38.5 Å². The average molecular weight is 411 g/mol. The standard InChI is InChI=1S/C23H30N4O3/c1-17-8-9-19(21(14-17)30-13-12-29-3)15-25-23(24-2)26-16-22(28)27-11-10-18-6-4-5-7-20(18)27/h4-9,14H,10-13,15-16H2,1-3H3,(H2,24,25,26). The van der Waals surface area contributed by atoms with Crippen molar-refractivity contribution in [2.45, 2.75) is 19.9 Å². The van der Waals surface area contributed by atoms with Crippen LogP contribution in [0.25, 0.3) is 0 Å². The highest BCUT2D eigenvalue weighted by molar-refractivity contribution is 5.98. The number of ether oxygens (including phenoxy) is 2. The van der Waals surface area contributed by atoms with Gasteiger partial charge in [0.05, 0.1) is 13.2 Å². The van der Waals surface area contributed by atoms with Gasteiger partial charge in [-0.2, -0.15) is 0 Å². The van der Waals surface area contributed by atoms with Crippen LogP contribution in [0.2, 0.25) is 0 Å². The van der Waals surface area contributed by atoms with Crippen molar-refractivity contribution in [1.82, 2.24) is 10.6 Å². The van der Waals surface area contributed by atoms with Gasteiger partial charge in [-0.25, -0.2) is 0 Å². The number of nitrogens with one attached hydrogen (secondary N) is 2. The van der Waals surface area contributed by atoms with Gasteiger partial charge in [0.15, 0.2) is 5.96 Å². The van der Waals surface area contributed by atoms with E-state index in [1.165, 1.54) is 5.56 Å². The minimum absolute atomic E-state index is 0.0295. The number of aliphatic imine (C=N–C) groups is 1. The third-order valence-electron chi connectivity index (χ3n) is 5.03. The first-order chi connectivity index (χ1) is 14.6. The summed E-state index contributed by atoms with van der Waals surface area (Å²) in [7, 11) is 3.34. The quantitative estimate of drug-likeness (QED) is 0.397. The molecule has 0 aromatic heterocycles. The van der Waals surface area contributed by atoms with E-state index in [9.17, 15) is 4.79 Å². The van der Waals surface area contributed by atoms with Gasteiger partial charge in [-0.3, -0.25) is 9.79 Å². The molecule has 160 valence electrons. The molecule has 0 saturated heterocycles. The van der Waals surface area contributed by atoms with E-state index in [0.717, 1.165) is 35.5 Å². The van der Waals surface area contributed by atoms with Crippen molar-refractivity contribution in [3.8, 4) is 5.75 Å². The number of carbonyl (C=O) groups is 1. The number of amides is 1. The van der Waals surface area contributed by atoms with E-state index in [-0.39, 0.29) is 12.5 Å². The molecule has 7 nitrogen and oxygen atoms in total. The number of nitrogens with zero attached hydrogens (tertiary/aromatic N) is 2. The highest BCUT2D eigenvalue weighted by Crippen LogP contribution is 2.27. The number of fused-ring (bicyclic) bond motifs is 1. The molecule has 7 heteroatoms. The Hall–Kier alpha value is -3.06. The summed E-state index contributed by atoms with van der Waals surface area (Å²) in [5, 5.41) is 6.38. The molecule has 2 aromatic rings. The predicted octanol–water partition coefficient (Wildman–Crippen LogP) is 2.27. The number of guanidine groups is 1. The fraction of sp³-hybridized carbons (Fsp3) is 0.391. The number of methoxy groups -OCH3 is 1. The van der Waals surface area contributed by atoms with Crippen LogP contribution in [0.15, 0.2) is 47.5 Å². The molecule has 0 atom stereocenters. The van der Waals surface area contributed by atoms with Crippen LogP contribution in [0.3, 0.4) is 0 Å². The minimum Gasteiger partial charge on any atom is -0.491 e. The average Bonchev–Trinajstić information content (AvgIpc) is 3.19. The molecule has 1 aliphatic rings. The number of hydrogen-bond donors (Lipinski definition) is 2. The Bertz CT molecular complexity index is 898. The Morgan fingerprint density at radius 2 is 2.00 bits per heavy atom. The number of aryl methyl sites for hydroxylation is 1. The van der Waals surface area contributed by atoms with Gasteiger partial charge in [0.1, 0.15) is 12.4 Å². The summed E-state index contributed by atoms with van der Waals surface area (Å²) in [5.74, 6) is 1.42. The molecule has 0 radical (unpaired) electrons. The van der Waals surface area contributed by atoms with Gasteiger partial charge in [0.2, 0.25) is 5.91 Å². The monoisotopic (exact) mass is 410 g/mol. The molecule has 0 spiro atoms. The van der Waals surface area contributed by atoms with E-state index in [1.54, 1.807) is 14.2 Å². The molecule has 0 bridgehead atoms. The molecule has 0 fully saturated rings. The van der Waals surface area contributed by atoms with E-state index in [4.69, 9.17) is 9.47 Å². The molecule has 30 heavy (non-hydrogen) atoms. The largest absolute Gasteiger partial charge is 0.491 e. The number of para-hydroxylation sites is 1. The molecule has 2 aromatic carbocycles. The van der Waals surface area contributed by atoms with Crippen LogP contribution < -0.4 is 20.3 Å². The van der Waals surface area contributed by atoms with Crippen molar-refractivity contribution in [1.29, 1.82) is 0 Å². The second-order valence-corrected chi connectivity index (χ2v) is 7.16. The van der Waals surface area contributed by atoms with Crippen LogP contribution >= 0.6 is 0 Å². The number of hydrogen-bond acceptors (Lipinski definition) is 4. The van der Waals surface area contributed by atoms with Crippen molar-refractivity contribution in [3.05, 3.63) is 59.2 Å². The maximum Gasteiger partial charge on any atom is 0.246 e. The van der Waals surface area contributed by atoms with Crippen LogP contribution in [0, 0.1) is 6.92 Å². The summed E-state index contributed by atoms with van der Waals surface area (Å²) in [5.41, 5.74) is 4.36. The number of carbonyl (C=O) groups excluding carboxylic acids is 1. The lowest BCUT2D eigenvalue weighted by atomic mass is 10.1. The van der Waals surface area contributed by atoms with Crippen LogP contribution in [0.1, 0.15) is 16.7 Å². The topological polar surface area (TPSA) is 75.2 Å². The molecule has 0 aliphatic carbocycles. The third-order valence-corrected chi connectivity index (χ3v) is 5.03. The molecule has 0 unspecified atom stereocenters. The van der Waals surface area contributed by atoms with Crippen molar-refractivity contribution in [2.75, 3.05) is 45.4 Å². The normalized spacial score (nSPS) is 13.2. The smallest absolute Gasteiger partial charge is 0.246 e. The van der Waals surface area contributed by atoms with E-state index >= 15 is 0 Å². The number of anilines is 1. The van der Waals surface area contributed by atoms with Gasteiger partial charge >= 0.3 is 0 Å². The first-order valence-corrected chi connectivity index (χ1v) is 10.2. The summed E-state index contributed by atoms with van der Waals surface area (Å²) in [6.45, 7) is 4.49. The number of benzene rings is 2. The molecular weight excluding hydrogens is 380 g/mol. The zero-order valence-electron chi connectivity index (χ0n) is 17.9. The van der Waals surface area contributed by atoms with Gasteiger partial charge in [-0.15, -0.1) is 0 Å². The van der Waals surface area contributed by atoms with E-state index in [1.807, 2.05) is 48.2 Å². The first-order valence-electron chi connectivity index (χ1n) is 10.2. The number of rotatable bonds is 8. The summed E-state index contributed by atoms with van der Waals surface area (Å²) >= 11 is 0. The lowest BCUT2D eigenvalue weighted by Crippen LogP contribution is -2.44. The second kappa shape index (κ2) is 10.6. The molecular formula is C23H30N4O3. The summed E-state index contributed by atoms with van der Waals surface area (Å²) < 4.78 is 10.9. The molecule has 1 amide bonds. The van der Waals surface area contributed by atoms with Gasteiger partial charge in [-0.1, -0.05) is 30.3 Å². The Morgan fingerprint density at radius 1 is 1.17 bits per heavy atom. The third kappa shape index (κ3) is 5.51. The van der Waals surface area contributed by atoms with Crippen molar-refractivity contribution in [3.63, 3.8) is 0 Å². The summed E-state index contributed by atoms with van der Waals surface area (Å²) in [6, 6.07) is 14.1. The Kier molecular flexibility index (Phi) is 7.68. The maximum absolute atomic E-state index is 12.7. The molecule has 2 N–H and O–H groups in total. The fourth-order valence-electron chi connectivity index (χ4n) is 3.43. The highest BCUT2D eigenvalue weighted by atomic mass is 16.5. The lowest BCUT2D eigenvalue weighted by Gasteiger charge is -2.19. The van der Waals surface area contributed by atoms with Crippen molar-refractivity contribution >= 4 is 17.6 Å². The van der Waals surface area contributed by atoms with Crippen LogP contribution in [0.4, 0.5) is 5.69 Å². The highest BCUT2D eigenvalue weighted by Gasteiger charge is 2.23. The zero-order valence-corrected chi connectivity index (χ0v) is 17.9. The fourth-order valence-corrected chi connectivity index (χ4v) is 3.43. The van der Waals surface area contributed by atoms with Crippen LogP contribution in [-0.4, -0.2) is 52.3 Å². The van der Waals surface area contributed by atoms with Gasteiger partial charge < -0.3 is 25.0 Å². The van der Waals surface area contributed by atoms with E-state index in [0.29, 0.717) is 25.7 Å². The zero-order chi connectivity index (χ0) is 21.3. The molecule has 3 rings (SSSR count). The Labute approximate surface area is 178 Å².